The summed E-state index contributed by atoms with van der Waals surface area (Å²) in [6.45, 7) is 6.43. The molecule has 0 radical (unpaired) electrons. The Morgan fingerprint density at radius 1 is 1.32 bits per heavy atom. The molecule has 0 amide bonds. The molecular weight excluding hydrogens is 236 g/mol. The molecule has 1 N–H and O–H groups in total. The molecule has 1 aromatic rings. The minimum absolute atomic E-state index is 0.464. The number of ether oxygens (including phenoxy) is 1. The molecular formula is C16H28N2O. The Balaban J connectivity index is 2.78. The first kappa shape index (κ1) is 16.0. The maximum absolute atomic E-state index is 5.47. The molecule has 0 fully saturated rings. The van der Waals surface area contributed by atoms with Crippen LogP contribution < -0.4 is 10.1 Å². The van der Waals surface area contributed by atoms with Crippen LogP contribution in [0, 0.1) is 6.92 Å². The predicted molar refractivity (Wildman–Crippen MR) is 82.1 cm³/mol. The number of benzene rings is 1. The molecule has 1 atom stereocenters. The monoisotopic (exact) mass is 264 g/mol. The molecule has 19 heavy (non-hydrogen) atoms. The van der Waals surface area contributed by atoms with Crippen molar-refractivity contribution < 1.29 is 4.74 Å². The lowest BCUT2D eigenvalue weighted by Crippen LogP contribution is -2.40. The van der Waals surface area contributed by atoms with E-state index in [0.717, 1.165) is 31.7 Å². The fourth-order valence-corrected chi connectivity index (χ4v) is 2.32. The molecule has 3 nitrogen and oxygen atoms in total. The van der Waals surface area contributed by atoms with Gasteiger partial charge in [-0.15, -0.1) is 0 Å². The zero-order valence-electron chi connectivity index (χ0n) is 13.0. The molecule has 0 saturated heterocycles. The van der Waals surface area contributed by atoms with Crippen LogP contribution in [0.15, 0.2) is 18.2 Å². The average Bonchev–Trinajstić information content (AvgIpc) is 2.35. The summed E-state index contributed by atoms with van der Waals surface area (Å²) in [5.41, 5.74) is 2.58. The largest absolute Gasteiger partial charge is 0.496 e. The van der Waals surface area contributed by atoms with Crippen LogP contribution in [-0.2, 0) is 6.42 Å². The Morgan fingerprint density at radius 3 is 2.63 bits per heavy atom. The quantitative estimate of drug-likeness (QED) is 0.780. The molecule has 0 aliphatic carbocycles. The molecule has 1 aromatic carbocycles. The molecule has 0 aliphatic heterocycles. The van der Waals surface area contributed by atoms with Gasteiger partial charge >= 0.3 is 0 Å². The van der Waals surface area contributed by atoms with Crippen LogP contribution in [-0.4, -0.2) is 45.2 Å². The van der Waals surface area contributed by atoms with Crippen LogP contribution >= 0.6 is 0 Å². The predicted octanol–water partition coefficient (Wildman–Crippen LogP) is 2.48. The van der Waals surface area contributed by atoms with Crippen LogP contribution in [0.2, 0.25) is 0 Å². The summed E-state index contributed by atoms with van der Waals surface area (Å²) < 4.78 is 5.47. The Bertz CT molecular complexity index is 377. The van der Waals surface area contributed by atoms with E-state index in [0.29, 0.717) is 6.04 Å². The molecule has 1 rings (SSSR count). The second-order valence-electron chi connectivity index (χ2n) is 5.43. The van der Waals surface area contributed by atoms with Crippen LogP contribution in [0.5, 0.6) is 5.75 Å². The van der Waals surface area contributed by atoms with Crippen molar-refractivity contribution in [3.8, 4) is 5.75 Å². The fraction of sp³-hybridized carbons (Fsp3) is 0.625. The number of rotatable bonds is 8. The summed E-state index contributed by atoms with van der Waals surface area (Å²) in [6.07, 6.45) is 2.16. The number of aryl methyl sites for hydroxylation is 1. The van der Waals surface area contributed by atoms with Gasteiger partial charge in [0.15, 0.2) is 0 Å². The highest BCUT2D eigenvalue weighted by molar-refractivity contribution is 5.37. The van der Waals surface area contributed by atoms with Gasteiger partial charge < -0.3 is 15.0 Å². The Morgan fingerprint density at radius 2 is 2.05 bits per heavy atom. The third kappa shape index (κ3) is 5.62. The third-order valence-electron chi connectivity index (χ3n) is 3.17. The summed E-state index contributed by atoms with van der Waals surface area (Å²) in [6, 6.07) is 6.86. The van der Waals surface area contributed by atoms with Crippen LogP contribution in [0.3, 0.4) is 0 Å². The first-order valence-electron chi connectivity index (χ1n) is 7.08. The van der Waals surface area contributed by atoms with Crippen molar-refractivity contribution in [3.63, 3.8) is 0 Å². The Labute approximate surface area is 118 Å². The highest BCUT2D eigenvalue weighted by atomic mass is 16.5. The Kier molecular flexibility index (Phi) is 6.89. The van der Waals surface area contributed by atoms with E-state index in [4.69, 9.17) is 4.74 Å². The average molecular weight is 264 g/mol. The van der Waals surface area contributed by atoms with E-state index in [1.54, 1.807) is 7.11 Å². The van der Waals surface area contributed by atoms with Gasteiger partial charge in [-0.25, -0.2) is 0 Å². The first-order valence-corrected chi connectivity index (χ1v) is 7.08. The van der Waals surface area contributed by atoms with E-state index in [-0.39, 0.29) is 0 Å². The van der Waals surface area contributed by atoms with Gasteiger partial charge in [0.25, 0.3) is 0 Å². The number of hydrogen-bond acceptors (Lipinski definition) is 3. The second-order valence-corrected chi connectivity index (χ2v) is 5.43. The zero-order chi connectivity index (χ0) is 14.3. The van der Waals surface area contributed by atoms with Gasteiger partial charge in [-0.05, 0) is 52.0 Å². The molecule has 0 aliphatic rings. The maximum Gasteiger partial charge on any atom is 0.122 e. The van der Waals surface area contributed by atoms with Gasteiger partial charge in [-0.1, -0.05) is 24.6 Å². The van der Waals surface area contributed by atoms with Gasteiger partial charge in [0.2, 0.25) is 0 Å². The Hall–Kier alpha value is -1.06. The SMILES string of the molecule is CCCNC(Cc1cc(C)ccc1OC)CN(C)C. The number of likely N-dealkylation sites (N-methyl/N-ethyl adjacent to an activating group) is 1. The van der Waals surface area contributed by atoms with Crippen LogP contribution in [0.25, 0.3) is 0 Å². The smallest absolute Gasteiger partial charge is 0.122 e. The number of methoxy groups -OCH3 is 1. The number of nitrogens with zero attached hydrogens (tertiary/aromatic N) is 1. The standard InChI is InChI=1S/C16H28N2O/c1-6-9-17-15(12-18(3)4)11-14-10-13(2)7-8-16(14)19-5/h7-8,10,15,17H,6,9,11-12H2,1-5H3. The minimum Gasteiger partial charge on any atom is -0.496 e. The molecule has 0 heterocycles. The molecule has 1 unspecified atom stereocenters. The van der Waals surface area contributed by atoms with Crippen molar-refractivity contribution in [1.29, 1.82) is 0 Å². The number of nitrogens with one attached hydrogen (secondary N) is 1. The van der Waals surface area contributed by atoms with Crippen molar-refractivity contribution in [2.24, 2.45) is 0 Å². The highest BCUT2D eigenvalue weighted by Gasteiger charge is 2.13. The number of hydrogen-bond donors (Lipinski definition) is 1. The van der Waals surface area contributed by atoms with Gasteiger partial charge in [-0.3, -0.25) is 0 Å². The van der Waals surface area contributed by atoms with Gasteiger partial charge in [0.05, 0.1) is 7.11 Å². The summed E-state index contributed by atoms with van der Waals surface area (Å²) in [5.74, 6) is 0.993. The third-order valence-corrected chi connectivity index (χ3v) is 3.17. The fourth-order valence-electron chi connectivity index (χ4n) is 2.32. The summed E-state index contributed by atoms with van der Waals surface area (Å²) in [5, 5.41) is 3.62. The molecule has 0 aromatic heterocycles. The van der Waals surface area contributed by atoms with E-state index in [1.807, 2.05) is 0 Å². The first-order chi connectivity index (χ1) is 9.06. The van der Waals surface area contributed by atoms with E-state index in [1.165, 1.54) is 11.1 Å². The van der Waals surface area contributed by atoms with Crippen LogP contribution in [0.1, 0.15) is 24.5 Å². The maximum atomic E-state index is 5.47. The van der Waals surface area contributed by atoms with Crippen molar-refractivity contribution in [3.05, 3.63) is 29.3 Å². The highest BCUT2D eigenvalue weighted by Crippen LogP contribution is 2.21. The topological polar surface area (TPSA) is 24.5 Å². The lowest BCUT2D eigenvalue weighted by atomic mass is 10.0. The zero-order valence-corrected chi connectivity index (χ0v) is 13.0. The van der Waals surface area contributed by atoms with Gasteiger partial charge in [0, 0.05) is 12.6 Å². The van der Waals surface area contributed by atoms with Crippen molar-refractivity contribution in [2.45, 2.75) is 32.7 Å². The van der Waals surface area contributed by atoms with Gasteiger partial charge in [-0.2, -0.15) is 0 Å². The van der Waals surface area contributed by atoms with Crippen molar-refractivity contribution >= 4 is 0 Å². The van der Waals surface area contributed by atoms with Crippen molar-refractivity contribution in [1.82, 2.24) is 10.2 Å². The normalized spacial score (nSPS) is 12.7. The summed E-state index contributed by atoms with van der Waals surface area (Å²) in [7, 11) is 5.98. The molecule has 0 spiro atoms. The lowest BCUT2D eigenvalue weighted by Gasteiger charge is -2.23. The molecule has 108 valence electrons. The summed E-state index contributed by atoms with van der Waals surface area (Å²) >= 11 is 0. The lowest BCUT2D eigenvalue weighted by molar-refractivity contribution is 0.332. The van der Waals surface area contributed by atoms with E-state index >= 15 is 0 Å². The second kappa shape index (κ2) is 8.18. The van der Waals surface area contributed by atoms with Crippen LogP contribution in [0.4, 0.5) is 0 Å². The summed E-state index contributed by atoms with van der Waals surface area (Å²) in [4.78, 5) is 2.23. The van der Waals surface area contributed by atoms with Gasteiger partial charge in [0.1, 0.15) is 5.75 Å². The van der Waals surface area contributed by atoms with Crippen molar-refractivity contribution in [2.75, 3.05) is 34.3 Å². The molecule has 0 bridgehead atoms. The molecule has 0 saturated carbocycles. The van der Waals surface area contributed by atoms with E-state index in [9.17, 15) is 0 Å². The molecule has 3 heteroatoms. The van der Waals surface area contributed by atoms with E-state index < -0.39 is 0 Å². The van der Waals surface area contributed by atoms with E-state index in [2.05, 4.69) is 56.4 Å². The minimum atomic E-state index is 0.464.